The molecule has 1 aromatic rings. The molecule has 0 radical (unpaired) electrons. The Bertz CT molecular complexity index is 347. The third-order valence-electron chi connectivity index (χ3n) is 1.92. The van der Waals surface area contributed by atoms with E-state index in [-0.39, 0.29) is 5.75 Å². The second kappa shape index (κ2) is 4.96. The molecule has 0 saturated heterocycles. The van der Waals surface area contributed by atoms with Gasteiger partial charge in [0.2, 0.25) is 0 Å². The quantitative estimate of drug-likeness (QED) is 0.594. The molecule has 0 atom stereocenters. The normalized spacial score (nSPS) is 11.7. The van der Waals surface area contributed by atoms with Crippen LogP contribution in [-0.4, -0.2) is 11.4 Å². The minimum Gasteiger partial charge on any atom is -0.506 e. The highest BCUT2D eigenvalue weighted by atomic mass is 32.2. The van der Waals surface area contributed by atoms with Gasteiger partial charge in [-0.3, -0.25) is 0 Å². The Hall–Kier alpha value is -1.09. The predicted molar refractivity (Wildman–Crippen MR) is 64.3 cm³/mol. The lowest BCUT2D eigenvalue weighted by atomic mass is 10.1. The van der Waals surface area contributed by atoms with Crippen molar-refractivity contribution in [2.75, 3.05) is 12.0 Å². The van der Waals surface area contributed by atoms with Crippen molar-refractivity contribution in [3.63, 3.8) is 0 Å². The molecule has 3 heteroatoms. The maximum atomic E-state index is 9.28. The van der Waals surface area contributed by atoms with E-state index in [1.54, 1.807) is 23.9 Å². The fraction of sp³-hybridized carbons (Fsp3) is 0.273. The topological polar surface area (TPSA) is 46.2 Å². The minimum atomic E-state index is 0.144. The second-order valence-corrected chi connectivity index (χ2v) is 3.80. The number of rotatable bonds is 3. The highest BCUT2D eigenvalue weighted by molar-refractivity contribution is 8.07. The lowest BCUT2D eigenvalue weighted by Gasteiger charge is -2.06. The predicted octanol–water partition coefficient (Wildman–Crippen LogP) is 3.09. The van der Waals surface area contributed by atoms with Crippen LogP contribution < -0.4 is 5.73 Å². The molecule has 0 aliphatic heterocycles. The molecule has 0 heterocycles. The molecule has 0 saturated carbocycles. The van der Waals surface area contributed by atoms with Crippen molar-refractivity contribution in [2.45, 2.75) is 13.3 Å². The average molecular weight is 209 g/mol. The van der Waals surface area contributed by atoms with Gasteiger partial charge in [0.1, 0.15) is 5.75 Å². The molecule has 3 N–H and O–H groups in total. The third kappa shape index (κ3) is 2.45. The van der Waals surface area contributed by atoms with E-state index >= 15 is 0 Å². The van der Waals surface area contributed by atoms with E-state index < -0.39 is 0 Å². The number of hydrogen-bond acceptors (Lipinski definition) is 3. The first-order chi connectivity index (χ1) is 6.69. The molecular formula is C11H15NOS. The van der Waals surface area contributed by atoms with Crippen LogP contribution in [0.5, 0.6) is 5.75 Å². The Morgan fingerprint density at radius 2 is 2.29 bits per heavy atom. The Balaban J connectivity index is 3.06. The number of benzene rings is 1. The summed E-state index contributed by atoms with van der Waals surface area (Å²) < 4.78 is 0. The van der Waals surface area contributed by atoms with Gasteiger partial charge in [-0.05, 0) is 30.4 Å². The fourth-order valence-corrected chi connectivity index (χ4v) is 1.91. The molecule has 0 bridgehead atoms. The largest absolute Gasteiger partial charge is 0.506 e. The summed E-state index contributed by atoms with van der Waals surface area (Å²) in [6.07, 6.45) is 5.18. The van der Waals surface area contributed by atoms with Crippen molar-refractivity contribution in [3.8, 4) is 5.75 Å². The Morgan fingerprint density at radius 1 is 1.57 bits per heavy atom. The number of nitrogens with two attached hydrogens (primary N) is 1. The Morgan fingerprint density at radius 3 is 2.79 bits per heavy atom. The maximum absolute atomic E-state index is 9.28. The van der Waals surface area contributed by atoms with Gasteiger partial charge in [-0.2, -0.15) is 0 Å². The fourth-order valence-electron chi connectivity index (χ4n) is 1.21. The number of phenolic OH excluding ortho intramolecular Hbond substituents is 1. The molecule has 76 valence electrons. The first kappa shape index (κ1) is 11.0. The molecule has 2 nitrogen and oxygen atoms in total. The van der Waals surface area contributed by atoms with Crippen molar-refractivity contribution in [1.82, 2.24) is 0 Å². The Labute approximate surface area is 88.8 Å². The van der Waals surface area contributed by atoms with E-state index in [0.29, 0.717) is 5.69 Å². The molecule has 0 amide bonds. The van der Waals surface area contributed by atoms with Gasteiger partial charge in [-0.1, -0.05) is 19.1 Å². The lowest BCUT2D eigenvalue weighted by molar-refractivity contribution is 0.478. The number of nitrogen functional groups attached to an aromatic ring is 1. The van der Waals surface area contributed by atoms with Gasteiger partial charge in [-0.25, -0.2) is 0 Å². The molecule has 0 aromatic heterocycles. The number of allylic oxidation sites excluding steroid dienone is 1. The zero-order chi connectivity index (χ0) is 10.6. The van der Waals surface area contributed by atoms with Gasteiger partial charge >= 0.3 is 0 Å². The molecular weight excluding hydrogens is 194 g/mol. The van der Waals surface area contributed by atoms with Gasteiger partial charge in [0.05, 0.1) is 5.69 Å². The number of phenols is 1. The Kier molecular flexibility index (Phi) is 3.89. The van der Waals surface area contributed by atoms with Crippen LogP contribution in [0.15, 0.2) is 24.3 Å². The summed E-state index contributed by atoms with van der Waals surface area (Å²) in [5.74, 6) is 0.144. The van der Waals surface area contributed by atoms with Crippen molar-refractivity contribution >= 4 is 22.4 Å². The number of anilines is 1. The van der Waals surface area contributed by atoms with Crippen molar-refractivity contribution in [3.05, 3.63) is 29.8 Å². The van der Waals surface area contributed by atoms with E-state index in [2.05, 4.69) is 13.0 Å². The first-order valence-corrected chi connectivity index (χ1v) is 5.74. The third-order valence-corrected chi connectivity index (χ3v) is 2.76. The average Bonchev–Trinajstić information content (AvgIpc) is 2.19. The lowest BCUT2D eigenvalue weighted by Crippen LogP contribution is -1.88. The summed E-state index contributed by atoms with van der Waals surface area (Å²) in [6, 6.07) is 5.31. The van der Waals surface area contributed by atoms with Gasteiger partial charge in [0, 0.05) is 4.91 Å². The molecule has 0 unspecified atom stereocenters. The minimum absolute atomic E-state index is 0.144. The van der Waals surface area contributed by atoms with Crippen LogP contribution in [0.1, 0.15) is 18.9 Å². The summed E-state index contributed by atoms with van der Waals surface area (Å²) in [5, 5.41) is 9.28. The van der Waals surface area contributed by atoms with E-state index in [0.717, 1.165) is 12.0 Å². The summed E-state index contributed by atoms with van der Waals surface area (Å²) >= 11 is 1.69. The van der Waals surface area contributed by atoms with Gasteiger partial charge in [-0.15, -0.1) is 11.8 Å². The zero-order valence-corrected chi connectivity index (χ0v) is 9.27. The number of thioether (sulfide) groups is 1. The smallest absolute Gasteiger partial charge is 0.138 e. The maximum Gasteiger partial charge on any atom is 0.138 e. The van der Waals surface area contributed by atoms with Crippen LogP contribution in [0.2, 0.25) is 0 Å². The first-order valence-electron chi connectivity index (χ1n) is 4.52. The van der Waals surface area contributed by atoms with Gasteiger partial charge < -0.3 is 10.8 Å². The molecule has 0 fully saturated rings. The monoisotopic (exact) mass is 209 g/mol. The van der Waals surface area contributed by atoms with E-state index in [1.165, 1.54) is 4.91 Å². The van der Waals surface area contributed by atoms with Crippen molar-refractivity contribution in [2.24, 2.45) is 0 Å². The van der Waals surface area contributed by atoms with Crippen molar-refractivity contribution < 1.29 is 5.11 Å². The summed E-state index contributed by atoms with van der Waals surface area (Å²) in [6.45, 7) is 2.10. The van der Waals surface area contributed by atoms with Crippen LogP contribution in [0.4, 0.5) is 5.69 Å². The van der Waals surface area contributed by atoms with Gasteiger partial charge in [0.25, 0.3) is 0 Å². The van der Waals surface area contributed by atoms with E-state index in [4.69, 9.17) is 5.73 Å². The van der Waals surface area contributed by atoms with Crippen LogP contribution >= 0.6 is 11.8 Å². The zero-order valence-electron chi connectivity index (χ0n) is 8.45. The molecule has 1 aromatic carbocycles. The molecule has 0 aliphatic rings. The molecule has 1 rings (SSSR count). The van der Waals surface area contributed by atoms with Crippen LogP contribution in [0.25, 0.3) is 4.91 Å². The molecule has 0 spiro atoms. The summed E-state index contributed by atoms with van der Waals surface area (Å²) in [4.78, 5) is 1.19. The van der Waals surface area contributed by atoms with E-state index in [9.17, 15) is 5.11 Å². The van der Waals surface area contributed by atoms with Gasteiger partial charge in [0.15, 0.2) is 0 Å². The summed E-state index contributed by atoms with van der Waals surface area (Å²) in [7, 11) is 0. The van der Waals surface area contributed by atoms with Crippen molar-refractivity contribution in [1.29, 1.82) is 0 Å². The molecule has 14 heavy (non-hydrogen) atoms. The van der Waals surface area contributed by atoms with Crippen LogP contribution in [0.3, 0.4) is 0 Å². The number of aromatic hydroxyl groups is 1. The van der Waals surface area contributed by atoms with Crippen LogP contribution in [0, 0.1) is 0 Å². The van der Waals surface area contributed by atoms with Crippen LogP contribution in [-0.2, 0) is 0 Å². The number of hydrogen-bond donors (Lipinski definition) is 2. The standard InChI is InChI=1S/C11H15NOS/c1-3-4-11(14-2)8-5-6-10(13)9(12)7-8/h4-7,13H,3,12H2,1-2H3/b11-4-. The highest BCUT2D eigenvalue weighted by Gasteiger charge is 2.02. The highest BCUT2D eigenvalue weighted by Crippen LogP contribution is 2.30. The SMILES string of the molecule is CC/C=C(\SC)c1ccc(O)c(N)c1. The summed E-state index contributed by atoms with van der Waals surface area (Å²) in [5.41, 5.74) is 7.12. The molecule has 0 aliphatic carbocycles. The van der Waals surface area contributed by atoms with E-state index in [1.807, 2.05) is 12.3 Å². The second-order valence-electron chi connectivity index (χ2n) is 2.95.